The molecule has 4 heteroatoms. The van der Waals surface area contributed by atoms with Crippen molar-refractivity contribution in [1.29, 1.82) is 0 Å². The van der Waals surface area contributed by atoms with E-state index in [-0.39, 0.29) is 0 Å². The van der Waals surface area contributed by atoms with Crippen molar-refractivity contribution in [3.05, 3.63) is 23.4 Å². The molecule has 1 aromatic rings. The van der Waals surface area contributed by atoms with E-state index in [2.05, 4.69) is 30.2 Å². The van der Waals surface area contributed by atoms with E-state index in [1.165, 1.54) is 5.56 Å². The number of ether oxygens (including phenoxy) is 2. The molecule has 0 radical (unpaired) electrons. The van der Waals surface area contributed by atoms with Crippen LogP contribution in [0.2, 0.25) is 0 Å². The lowest BCUT2D eigenvalue weighted by Gasteiger charge is -2.13. The SMILES string of the molecule is Cc1nc(OCC2CCOC2)ccc1CNC(C)C. The van der Waals surface area contributed by atoms with Crippen molar-refractivity contribution < 1.29 is 9.47 Å². The molecule has 0 aromatic carbocycles. The van der Waals surface area contributed by atoms with E-state index in [9.17, 15) is 0 Å². The summed E-state index contributed by atoms with van der Waals surface area (Å²) in [6.07, 6.45) is 1.09. The van der Waals surface area contributed by atoms with Gasteiger partial charge in [-0.25, -0.2) is 4.98 Å². The summed E-state index contributed by atoms with van der Waals surface area (Å²) in [7, 11) is 0. The van der Waals surface area contributed by atoms with Gasteiger partial charge in [0, 0.05) is 36.9 Å². The molecule has 2 rings (SSSR count). The second-order valence-corrected chi connectivity index (χ2v) is 5.47. The van der Waals surface area contributed by atoms with Crippen LogP contribution in [0.25, 0.3) is 0 Å². The molecule has 0 bridgehead atoms. The zero-order valence-electron chi connectivity index (χ0n) is 12.1. The van der Waals surface area contributed by atoms with Gasteiger partial charge in [-0.1, -0.05) is 19.9 Å². The molecule has 0 amide bonds. The van der Waals surface area contributed by atoms with E-state index in [1.54, 1.807) is 0 Å². The summed E-state index contributed by atoms with van der Waals surface area (Å²) in [5, 5.41) is 3.40. The molecule has 1 aliphatic heterocycles. The molecule has 1 fully saturated rings. The van der Waals surface area contributed by atoms with E-state index in [1.807, 2.05) is 13.0 Å². The van der Waals surface area contributed by atoms with Crippen LogP contribution in [0.4, 0.5) is 0 Å². The van der Waals surface area contributed by atoms with Gasteiger partial charge in [-0.2, -0.15) is 0 Å². The summed E-state index contributed by atoms with van der Waals surface area (Å²) in [6.45, 7) is 9.55. The molecule has 1 unspecified atom stereocenters. The van der Waals surface area contributed by atoms with Crippen molar-refractivity contribution >= 4 is 0 Å². The molecule has 1 aliphatic rings. The first kappa shape index (κ1) is 14.3. The number of hydrogen-bond donors (Lipinski definition) is 1. The van der Waals surface area contributed by atoms with Gasteiger partial charge in [0.25, 0.3) is 0 Å². The molecule has 0 aliphatic carbocycles. The Bertz CT molecular complexity index is 401. The zero-order chi connectivity index (χ0) is 13.7. The Morgan fingerprint density at radius 2 is 2.32 bits per heavy atom. The number of pyridine rings is 1. The van der Waals surface area contributed by atoms with Crippen molar-refractivity contribution in [3.63, 3.8) is 0 Å². The van der Waals surface area contributed by atoms with E-state index >= 15 is 0 Å². The lowest BCUT2D eigenvalue weighted by atomic mass is 10.1. The highest BCUT2D eigenvalue weighted by molar-refractivity contribution is 5.24. The van der Waals surface area contributed by atoms with Crippen LogP contribution < -0.4 is 10.1 Å². The normalized spacial score (nSPS) is 19.1. The summed E-state index contributed by atoms with van der Waals surface area (Å²) < 4.78 is 11.1. The fourth-order valence-corrected chi connectivity index (χ4v) is 2.07. The minimum Gasteiger partial charge on any atom is -0.477 e. The highest BCUT2D eigenvalue weighted by Gasteiger charge is 2.16. The number of aromatic nitrogens is 1. The predicted molar refractivity (Wildman–Crippen MR) is 75.4 cm³/mol. The van der Waals surface area contributed by atoms with Gasteiger partial charge in [0.05, 0.1) is 13.2 Å². The Morgan fingerprint density at radius 1 is 1.47 bits per heavy atom. The molecular formula is C15H24N2O2. The standard InChI is InChI=1S/C15H24N2O2/c1-11(2)16-8-14-4-5-15(17-12(14)3)19-10-13-6-7-18-9-13/h4-5,11,13,16H,6-10H2,1-3H3. The predicted octanol–water partition coefficient (Wildman–Crippen LogP) is 2.30. The second-order valence-electron chi connectivity index (χ2n) is 5.47. The van der Waals surface area contributed by atoms with Gasteiger partial charge in [-0.3, -0.25) is 0 Å². The van der Waals surface area contributed by atoms with Crippen LogP contribution in [0.5, 0.6) is 5.88 Å². The minimum absolute atomic E-state index is 0.484. The first-order valence-corrected chi connectivity index (χ1v) is 7.05. The zero-order valence-corrected chi connectivity index (χ0v) is 12.1. The summed E-state index contributed by atoms with van der Waals surface area (Å²) in [5.41, 5.74) is 2.26. The van der Waals surface area contributed by atoms with E-state index in [0.717, 1.165) is 37.8 Å². The largest absolute Gasteiger partial charge is 0.477 e. The molecular weight excluding hydrogens is 240 g/mol. The topological polar surface area (TPSA) is 43.4 Å². The van der Waals surface area contributed by atoms with Crippen LogP contribution >= 0.6 is 0 Å². The first-order valence-electron chi connectivity index (χ1n) is 7.05. The van der Waals surface area contributed by atoms with Gasteiger partial charge in [0.2, 0.25) is 5.88 Å². The first-order chi connectivity index (χ1) is 9.15. The number of nitrogens with one attached hydrogen (secondary N) is 1. The fourth-order valence-electron chi connectivity index (χ4n) is 2.07. The molecule has 4 nitrogen and oxygen atoms in total. The Hall–Kier alpha value is -1.13. The third-order valence-electron chi connectivity index (χ3n) is 3.36. The number of hydrogen-bond acceptors (Lipinski definition) is 4. The molecule has 19 heavy (non-hydrogen) atoms. The molecule has 1 atom stereocenters. The molecule has 1 aromatic heterocycles. The molecule has 1 saturated heterocycles. The van der Waals surface area contributed by atoms with E-state index in [4.69, 9.17) is 9.47 Å². The van der Waals surface area contributed by atoms with Gasteiger partial charge in [-0.15, -0.1) is 0 Å². The Morgan fingerprint density at radius 3 is 2.95 bits per heavy atom. The van der Waals surface area contributed by atoms with Gasteiger partial charge < -0.3 is 14.8 Å². The second kappa shape index (κ2) is 6.87. The van der Waals surface area contributed by atoms with Crippen LogP contribution in [0.1, 0.15) is 31.5 Å². The fraction of sp³-hybridized carbons (Fsp3) is 0.667. The quantitative estimate of drug-likeness (QED) is 0.856. The lowest BCUT2D eigenvalue weighted by molar-refractivity contribution is 0.165. The Kier molecular flexibility index (Phi) is 5.16. The smallest absolute Gasteiger partial charge is 0.213 e. The van der Waals surface area contributed by atoms with Crippen molar-refractivity contribution in [1.82, 2.24) is 10.3 Å². The van der Waals surface area contributed by atoms with Crippen molar-refractivity contribution in [2.75, 3.05) is 19.8 Å². The molecule has 2 heterocycles. The van der Waals surface area contributed by atoms with Gasteiger partial charge in [0.15, 0.2) is 0 Å². The monoisotopic (exact) mass is 264 g/mol. The summed E-state index contributed by atoms with van der Waals surface area (Å²) in [6, 6.07) is 4.54. The van der Waals surface area contributed by atoms with Crippen molar-refractivity contribution in [2.45, 2.75) is 39.8 Å². The average molecular weight is 264 g/mol. The third-order valence-corrected chi connectivity index (χ3v) is 3.36. The van der Waals surface area contributed by atoms with Crippen LogP contribution in [-0.4, -0.2) is 30.8 Å². The maximum absolute atomic E-state index is 5.74. The van der Waals surface area contributed by atoms with Gasteiger partial charge in [0.1, 0.15) is 0 Å². The molecule has 0 spiro atoms. The molecule has 1 N–H and O–H groups in total. The number of aryl methyl sites for hydroxylation is 1. The number of rotatable bonds is 6. The maximum Gasteiger partial charge on any atom is 0.213 e. The van der Waals surface area contributed by atoms with Crippen LogP contribution in [0, 0.1) is 12.8 Å². The average Bonchev–Trinajstić information content (AvgIpc) is 2.88. The third kappa shape index (κ3) is 4.48. The summed E-state index contributed by atoms with van der Waals surface area (Å²) in [4.78, 5) is 4.51. The highest BCUT2D eigenvalue weighted by atomic mass is 16.5. The van der Waals surface area contributed by atoms with Gasteiger partial charge >= 0.3 is 0 Å². The van der Waals surface area contributed by atoms with E-state index in [0.29, 0.717) is 18.6 Å². The van der Waals surface area contributed by atoms with Crippen molar-refractivity contribution in [2.24, 2.45) is 5.92 Å². The number of nitrogens with zero attached hydrogens (tertiary/aromatic N) is 1. The van der Waals surface area contributed by atoms with Crippen LogP contribution in [-0.2, 0) is 11.3 Å². The summed E-state index contributed by atoms with van der Waals surface area (Å²) in [5.74, 6) is 1.24. The van der Waals surface area contributed by atoms with Crippen LogP contribution in [0.3, 0.4) is 0 Å². The van der Waals surface area contributed by atoms with Crippen molar-refractivity contribution in [3.8, 4) is 5.88 Å². The van der Waals surface area contributed by atoms with Crippen LogP contribution in [0.15, 0.2) is 12.1 Å². The molecule has 0 saturated carbocycles. The lowest BCUT2D eigenvalue weighted by Crippen LogP contribution is -2.22. The Balaban J connectivity index is 1.86. The van der Waals surface area contributed by atoms with E-state index < -0.39 is 0 Å². The highest BCUT2D eigenvalue weighted by Crippen LogP contribution is 2.16. The molecule has 106 valence electrons. The van der Waals surface area contributed by atoms with Gasteiger partial charge in [-0.05, 0) is 18.9 Å². The Labute approximate surface area is 115 Å². The minimum atomic E-state index is 0.484. The maximum atomic E-state index is 5.74. The summed E-state index contributed by atoms with van der Waals surface area (Å²) >= 11 is 0.